The summed E-state index contributed by atoms with van der Waals surface area (Å²) in [5.74, 6) is 0.176. The van der Waals surface area contributed by atoms with E-state index in [-0.39, 0.29) is 0 Å². The maximum Gasteiger partial charge on any atom is 0.250 e. The van der Waals surface area contributed by atoms with Crippen LogP contribution in [-0.4, -0.2) is 48.7 Å². The minimum Gasteiger partial charge on any atom is -0.494 e. The van der Waals surface area contributed by atoms with Crippen molar-refractivity contribution in [2.75, 3.05) is 22.5 Å². The van der Waals surface area contributed by atoms with Gasteiger partial charge in [0, 0.05) is 5.25 Å². The molecule has 0 aliphatic rings. The maximum absolute atomic E-state index is 12.9. The Kier molecular flexibility index (Phi) is 8.29. The van der Waals surface area contributed by atoms with Crippen molar-refractivity contribution in [1.82, 2.24) is 10.2 Å². The molecule has 1 N–H and O–H groups in total. The van der Waals surface area contributed by atoms with E-state index in [9.17, 15) is 13.2 Å². The van der Waals surface area contributed by atoms with E-state index in [1.54, 1.807) is 43.0 Å². The molecule has 0 bridgehead atoms. The van der Waals surface area contributed by atoms with Crippen LogP contribution in [0.15, 0.2) is 28.6 Å². The first-order valence-electron chi connectivity index (χ1n) is 9.19. The molecule has 8 nitrogen and oxygen atoms in total. The van der Waals surface area contributed by atoms with Crippen molar-refractivity contribution in [3.8, 4) is 5.75 Å². The zero-order valence-corrected chi connectivity index (χ0v) is 19.5. The van der Waals surface area contributed by atoms with Gasteiger partial charge < -0.3 is 4.74 Å². The molecule has 0 saturated carbocycles. The molecule has 2 aromatic rings. The third-order valence-electron chi connectivity index (χ3n) is 3.71. The predicted octanol–water partition coefficient (Wildman–Crippen LogP) is 3.62. The van der Waals surface area contributed by atoms with Crippen molar-refractivity contribution < 1.29 is 17.9 Å². The highest BCUT2D eigenvalue weighted by Gasteiger charge is 2.32. The molecule has 1 unspecified atom stereocenters. The van der Waals surface area contributed by atoms with Crippen LogP contribution >= 0.6 is 23.1 Å². The number of amides is 1. The zero-order valence-electron chi connectivity index (χ0n) is 17.1. The van der Waals surface area contributed by atoms with Crippen LogP contribution in [0.3, 0.4) is 0 Å². The van der Waals surface area contributed by atoms with Crippen LogP contribution < -0.4 is 14.4 Å². The molecule has 160 valence electrons. The highest BCUT2D eigenvalue weighted by molar-refractivity contribution is 8.01. The van der Waals surface area contributed by atoms with Crippen LogP contribution in [0.1, 0.15) is 34.1 Å². The summed E-state index contributed by atoms with van der Waals surface area (Å²) in [5.41, 5.74) is 0.395. The van der Waals surface area contributed by atoms with Crippen molar-refractivity contribution >= 4 is 49.8 Å². The molecule has 0 radical (unpaired) electrons. The first-order valence-corrected chi connectivity index (χ1v) is 12.7. The van der Waals surface area contributed by atoms with Gasteiger partial charge in [0.05, 0.1) is 18.6 Å². The molecule has 0 fully saturated rings. The van der Waals surface area contributed by atoms with Crippen molar-refractivity contribution in [2.45, 2.75) is 49.7 Å². The second-order valence-electron chi connectivity index (χ2n) is 6.44. The molecular formula is C18H26N4O4S3. The van der Waals surface area contributed by atoms with Gasteiger partial charge in [0.25, 0.3) is 0 Å². The Morgan fingerprint density at radius 1 is 1.24 bits per heavy atom. The first-order chi connectivity index (χ1) is 13.7. The number of carbonyl (C=O) groups excluding carboxylic acids is 1. The first kappa shape index (κ1) is 23.4. The lowest BCUT2D eigenvalue weighted by Gasteiger charge is -2.29. The minimum atomic E-state index is -3.71. The number of rotatable bonds is 10. The number of hydrogen-bond acceptors (Lipinski definition) is 8. The molecule has 2 rings (SSSR count). The van der Waals surface area contributed by atoms with Crippen molar-refractivity contribution in [3.05, 3.63) is 24.3 Å². The third-order valence-corrected chi connectivity index (χ3v) is 6.81. The summed E-state index contributed by atoms with van der Waals surface area (Å²) >= 11 is 2.81. The van der Waals surface area contributed by atoms with E-state index in [0.29, 0.717) is 34.8 Å². The van der Waals surface area contributed by atoms with Gasteiger partial charge in [-0.3, -0.25) is 14.4 Å². The largest absolute Gasteiger partial charge is 0.494 e. The van der Waals surface area contributed by atoms with Gasteiger partial charge in [-0.15, -0.1) is 10.2 Å². The number of carbonyl (C=O) groups is 1. The highest BCUT2D eigenvalue weighted by atomic mass is 32.2. The predicted molar refractivity (Wildman–Crippen MR) is 119 cm³/mol. The molecule has 0 saturated heterocycles. The number of sulfonamides is 1. The Bertz CT molecular complexity index is 913. The van der Waals surface area contributed by atoms with E-state index < -0.39 is 22.0 Å². The highest BCUT2D eigenvalue weighted by Crippen LogP contribution is 2.30. The molecule has 1 aromatic heterocycles. The van der Waals surface area contributed by atoms with Gasteiger partial charge in [0.2, 0.25) is 21.1 Å². The monoisotopic (exact) mass is 458 g/mol. The van der Waals surface area contributed by atoms with E-state index in [1.165, 1.54) is 11.3 Å². The van der Waals surface area contributed by atoms with Crippen LogP contribution in [0, 0.1) is 0 Å². The zero-order chi connectivity index (χ0) is 21.6. The number of aromatic nitrogens is 2. The molecule has 1 heterocycles. The topological polar surface area (TPSA) is 101 Å². The van der Waals surface area contributed by atoms with E-state index in [2.05, 4.69) is 15.5 Å². The smallest absolute Gasteiger partial charge is 0.250 e. The number of nitrogens with one attached hydrogen (secondary N) is 1. The SMILES string of the molecule is CCOc1ccc(N(C(CC)C(=O)Nc2nnc(SC(C)C)s2)S(C)(=O)=O)cc1. The van der Waals surface area contributed by atoms with Crippen molar-refractivity contribution in [2.24, 2.45) is 0 Å². The van der Waals surface area contributed by atoms with Gasteiger partial charge in [0.1, 0.15) is 11.8 Å². The number of ether oxygens (including phenoxy) is 1. The lowest BCUT2D eigenvalue weighted by Crippen LogP contribution is -2.47. The average Bonchev–Trinajstić information content (AvgIpc) is 3.05. The molecule has 1 atom stereocenters. The summed E-state index contributed by atoms with van der Waals surface area (Å²) in [6, 6.07) is 5.70. The summed E-state index contributed by atoms with van der Waals surface area (Å²) in [4.78, 5) is 12.9. The fourth-order valence-corrected chi connectivity index (χ4v) is 5.80. The Hall–Kier alpha value is -1.85. The van der Waals surface area contributed by atoms with E-state index >= 15 is 0 Å². The quantitative estimate of drug-likeness (QED) is 0.428. The lowest BCUT2D eigenvalue weighted by atomic mass is 10.2. The Labute approximate surface area is 180 Å². The fourth-order valence-electron chi connectivity index (χ4n) is 2.61. The summed E-state index contributed by atoms with van der Waals surface area (Å²) in [7, 11) is -3.71. The summed E-state index contributed by atoms with van der Waals surface area (Å²) in [5, 5.41) is 11.4. The molecule has 29 heavy (non-hydrogen) atoms. The third kappa shape index (κ3) is 6.58. The second-order valence-corrected chi connectivity index (χ2v) is 11.1. The molecule has 1 aromatic carbocycles. The van der Waals surface area contributed by atoms with Crippen LogP contribution in [0.4, 0.5) is 10.8 Å². The molecule has 0 spiro atoms. The average molecular weight is 459 g/mol. The van der Waals surface area contributed by atoms with Crippen LogP contribution in [0.5, 0.6) is 5.75 Å². The molecule has 11 heteroatoms. The van der Waals surface area contributed by atoms with E-state index in [0.717, 1.165) is 14.9 Å². The van der Waals surface area contributed by atoms with Gasteiger partial charge in [-0.05, 0) is 37.6 Å². The standard InChI is InChI=1S/C18H26N4O4S3/c1-6-15(16(23)19-17-20-21-18(28-17)27-12(3)4)22(29(5,24)25)13-8-10-14(11-9-13)26-7-2/h8-12,15H,6-7H2,1-5H3,(H,19,20,23). The second kappa shape index (κ2) is 10.3. The Balaban J connectivity index is 2.26. The van der Waals surface area contributed by atoms with E-state index in [4.69, 9.17) is 4.74 Å². The van der Waals surface area contributed by atoms with Gasteiger partial charge >= 0.3 is 0 Å². The molecule has 0 aliphatic heterocycles. The number of nitrogens with zero attached hydrogens (tertiary/aromatic N) is 3. The minimum absolute atomic E-state index is 0.290. The number of hydrogen-bond donors (Lipinski definition) is 1. The van der Waals surface area contributed by atoms with Crippen LogP contribution in [0.25, 0.3) is 0 Å². The van der Waals surface area contributed by atoms with Crippen LogP contribution in [-0.2, 0) is 14.8 Å². The molecule has 1 amide bonds. The van der Waals surface area contributed by atoms with Crippen molar-refractivity contribution in [3.63, 3.8) is 0 Å². The van der Waals surface area contributed by atoms with Gasteiger partial charge in [0.15, 0.2) is 4.34 Å². The summed E-state index contributed by atoms with van der Waals surface area (Å²) < 4.78 is 32.3. The maximum atomic E-state index is 12.9. The van der Waals surface area contributed by atoms with Crippen molar-refractivity contribution in [1.29, 1.82) is 0 Å². The van der Waals surface area contributed by atoms with Gasteiger partial charge in [-0.1, -0.05) is 43.9 Å². The lowest BCUT2D eigenvalue weighted by molar-refractivity contribution is -0.117. The number of anilines is 2. The normalized spacial score (nSPS) is 12.6. The van der Waals surface area contributed by atoms with Gasteiger partial charge in [-0.25, -0.2) is 8.42 Å². The summed E-state index contributed by atoms with van der Waals surface area (Å²) in [6.45, 7) is 8.22. The fraction of sp³-hybridized carbons (Fsp3) is 0.500. The number of benzene rings is 1. The van der Waals surface area contributed by atoms with E-state index in [1.807, 2.05) is 20.8 Å². The summed E-state index contributed by atoms with van der Waals surface area (Å²) in [6.07, 6.45) is 1.38. The van der Waals surface area contributed by atoms with Gasteiger partial charge in [-0.2, -0.15) is 0 Å². The Morgan fingerprint density at radius 3 is 2.41 bits per heavy atom. The van der Waals surface area contributed by atoms with Crippen LogP contribution in [0.2, 0.25) is 0 Å². The number of thioether (sulfide) groups is 1. The molecular weight excluding hydrogens is 432 g/mol. The molecule has 0 aliphatic carbocycles. The Morgan fingerprint density at radius 2 is 1.90 bits per heavy atom.